The highest BCUT2D eigenvalue weighted by Gasteiger charge is 2.21. The average molecular weight is 335 g/mol. The van der Waals surface area contributed by atoms with E-state index < -0.39 is 19.9 Å². The van der Waals surface area contributed by atoms with E-state index in [0.717, 1.165) is 4.31 Å². The number of sulfone groups is 1. The molecule has 120 valence electrons. The van der Waals surface area contributed by atoms with Crippen LogP contribution < -0.4 is 11.1 Å². The summed E-state index contributed by atoms with van der Waals surface area (Å²) >= 11 is 0. The molecule has 21 heavy (non-hydrogen) atoms. The van der Waals surface area contributed by atoms with Crippen molar-refractivity contribution >= 4 is 31.2 Å². The second kappa shape index (κ2) is 6.63. The maximum Gasteiger partial charge on any atom is 0.244 e. The topological polar surface area (TPSA) is 110 Å². The third-order valence-corrected chi connectivity index (χ3v) is 5.74. The number of benzene rings is 1. The van der Waals surface area contributed by atoms with Crippen LogP contribution in [0, 0.1) is 0 Å². The van der Waals surface area contributed by atoms with Crippen LogP contribution in [0.1, 0.15) is 6.42 Å². The fraction of sp³-hybridized carbons (Fsp3) is 0.500. The quantitative estimate of drug-likeness (QED) is 0.550. The van der Waals surface area contributed by atoms with E-state index in [1.165, 1.54) is 26.4 Å². The molecule has 9 heteroatoms. The zero-order valence-corrected chi connectivity index (χ0v) is 14.0. The summed E-state index contributed by atoms with van der Waals surface area (Å²) in [5.41, 5.74) is 6.50. The molecular formula is C12H21N3O4S2. The monoisotopic (exact) mass is 335 g/mol. The molecule has 0 aliphatic rings. The zero-order chi connectivity index (χ0) is 16.3. The smallest absolute Gasteiger partial charge is 0.244 e. The Kier molecular flexibility index (Phi) is 5.60. The Morgan fingerprint density at radius 3 is 2.33 bits per heavy atom. The molecule has 0 unspecified atom stereocenters. The van der Waals surface area contributed by atoms with Gasteiger partial charge in [-0.2, -0.15) is 0 Å². The summed E-state index contributed by atoms with van der Waals surface area (Å²) in [6, 6.07) is 4.68. The van der Waals surface area contributed by atoms with Gasteiger partial charge in [0, 0.05) is 26.9 Å². The Hall–Kier alpha value is -1.32. The van der Waals surface area contributed by atoms with Crippen LogP contribution in [0.5, 0.6) is 0 Å². The lowest BCUT2D eigenvalue weighted by Gasteiger charge is -2.16. The largest absolute Gasteiger partial charge is 0.396 e. The van der Waals surface area contributed by atoms with E-state index in [4.69, 9.17) is 5.73 Å². The Morgan fingerprint density at radius 2 is 1.81 bits per heavy atom. The summed E-state index contributed by atoms with van der Waals surface area (Å²) in [7, 11) is -3.75. The van der Waals surface area contributed by atoms with E-state index in [1.54, 1.807) is 12.1 Å². The van der Waals surface area contributed by atoms with Gasteiger partial charge in [-0.1, -0.05) is 6.07 Å². The van der Waals surface area contributed by atoms with Gasteiger partial charge in [0.25, 0.3) is 0 Å². The number of para-hydroxylation sites is 1. The van der Waals surface area contributed by atoms with Crippen molar-refractivity contribution in [1.82, 2.24) is 4.31 Å². The third kappa shape index (κ3) is 4.87. The first-order valence-electron chi connectivity index (χ1n) is 6.28. The predicted octanol–water partition coefficient (Wildman–Crippen LogP) is 0.366. The first-order valence-corrected chi connectivity index (χ1v) is 9.78. The minimum absolute atomic E-state index is 0.0283. The van der Waals surface area contributed by atoms with Gasteiger partial charge in [0.05, 0.1) is 17.1 Å². The minimum Gasteiger partial charge on any atom is -0.396 e. The first kappa shape index (κ1) is 17.7. The molecule has 0 amide bonds. The van der Waals surface area contributed by atoms with Crippen LogP contribution in [-0.2, 0) is 19.9 Å². The molecule has 1 aromatic carbocycles. The van der Waals surface area contributed by atoms with Crippen molar-refractivity contribution in [2.45, 2.75) is 11.3 Å². The van der Waals surface area contributed by atoms with Crippen molar-refractivity contribution in [2.24, 2.45) is 0 Å². The maximum absolute atomic E-state index is 12.1. The number of nitrogens with zero attached hydrogens (tertiary/aromatic N) is 1. The van der Waals surface area contributed by atoms with E-state index in [9.17, 15) is 16.8 Å². The van der Waals surface area contributed by atoms with Gasteiger partial charge < -0.3 is 11.1 Å². The summed E-state index contributed by atoms with van der Waals surface area (Å²) in [5, 5.41) is 2.96. The van der Waals surface area contributed by atoms with Gasteiger partial charge in [-0.3, -0.25) is 0 Å². The average Bonchev–Trinajstić information content (AvgIpc) is 2.34. The lowest BCUT2D eigenvalue weighted by atomic mass is 10.2. The molecule has 3 N–H and O–H groups in total. The fourth-order valence-electron chi connectivity index (χ4n) is 1.68. The lowest BCUT2D eigenvalue weighted by molar-refractivity contribution is 0.521. The molecule has 0 aromatic heterocycles. The van der Waals surface area contributed by atoms with E-state index in [-0.39, 0.29) is 16.3 Å². The summed E-state index contributed by atoms with van der Waals surface area (Å²) in [4.78, 5) is 0.0283. The molecule has 0 fully saturated rings. The minimum atomic E-state index is -3.61. The second-order valence-electron chi connectivity index (χ2n) is 4.92. The van der Waals surface area contributed by atoms with Gasteiger partial charge in [-0.15, -0.1) is 0 Å². The van der Waals surface area contributed by atoms with Crippen LogP contribution in [0.2, 0.25) is 0 Å². The number of rotatable bonds is 7. The van der Waals surface area contributed by atoms with Crippen LogP contribution in [0.4, 0.5) is 11.4 Å². The molecule has 7 nitrogen and oxygen atoms in total. The van der Waals surface area contributed by atoms with Crippen LogP contribution >= 0.6 is 0 Å². The number of hydrogen-bond acceptors (Lipinski definition) is 6. The second-order valence-corrected chi connectivity index (χ2v) is 9.30. The van der Waals surface area contributed by atoms with Crippen molar-refractivity contribution in [3.05, 3.63) is 18.2 Å². The van der Waals surface area contributed by atoms with Gasteiger partial charge in [0.1, 0.15) is 14.7 Å². The van der Waals surface area contributed by atoms with Gasteiger partial charge in [0.15, 0.2) is 0 Å². The number of nitrogens with two attached hydrogens (primary N) is 1. The van der Waals surface area contributed by atoms with Gasteiger partial charge in [-0.25, -0.2) is 21.1 Å². The number of hydrogen-bond donors (Lipinski definition) is 2. The van der Waals surface area contributed by atoms with Crippen LogP contribution in [0.25, 0.3) is 0 Å². The van der Waals surface area contributed by atoms with Gasteiger partial charge in [0.2, 0.25) is 10.0 Å². The number of anilines is 2. The molecule has 0 heterocycles. The van der Waals surface area contributed by atoms with Crippen molar-refractivity contribution in [2.75, 3.05) is 43.7 Å². The standard InChI is InChI=1S/C12H21N3O4S2/c1-15(2)21(18,19)11-7-4-6-10(12(11)13)14-8-5-9-20(3,16)17/h4,6-7,14H,5,8-9,13H2,1-3H3. The van der Waals surface area contributed by atoms with E-state index in [2.05, 4.69) is 5.32 Å². The summed E-state index contributed by atoms with van der Waals surface area (Å²) in [6.45, 7) is 0.392. The Bertz CT molecular complexity index is 697. The molecule has 1 rings (SSSR count). The molecule has 0 spiro atoms. The molecule has 0 saturated heterocycles. The van der Waals surface area contributed by atoms with Crippen molar-refractivity contribution in [3.63, 3.8) is 0 Å². The number of nitrogens with one attached hydrogen (secondary N) is 1. The normalized spacial score (nSPS) is 12.6. The summed E-state index contributed by atoms with van der Waals surface area (Å²) in [5.74, 6) is 0.0651. The van der Waals surface area contributed by atoms with Crippen molar-refractivity contribution in [3.8, 4) is 0 Å². The molecule has 0 radical (unpaired) electrons. The first-order chi connectivity index (χ1) is 9.55. The van der Waals surface area contributed by atoms with Gasteiger partial charge >= 0.3 is 0 Å². The Morgan fingerprint density at radius 1 is 1.19 bits per heavy atom. The van der Waals surface area contributed by atoms with E-state index >= 15 is 0 Å². The molecule has 0 aliphatic heterocycles. The molecule has 0 bridgehead atoms. The van der Waals surface area contributed by atoms with Gasteiger partial charge in [-0.05, 0) is 18.6 Å². The van der Waals surface area contributed by atoms with E-state index in [0.29, 0.717) is 18.7 Å². The Labute approximate surface area is 126 Å². The highest BCUT2D eigenvalue weighted by molar-refractivity contribution is 7.90. The van der Waals surface area contributed by atoms with E-state index in [1.807, 2.05) is 0 Å². The third-order valence-electron chi connectivity index (χ3n) is 2.83. The SMILES string of the molecule is CN(C)S(=O)(=O)c1cccc(NCCCS(C)(=O)=O)c1N. The van der Waals surface area contributed by atoms with Crippen LogP contribution in [0.15, 0.2) is 23.1 Å². The fourth-order valence-corrected chi connectivity index (χ4v) is 3.38. The van der Waals surface area contributed by atoms with Crippen molar-refractivity contribution in [1.29, 1.82) is 0 Å². The van der Waals surface area contributed by atoms with Crippen LogP contribution in [-0.4, -0.2) is 53.8 Å². The molecule has 0 atom stereocenters. The predicted molar refractivity (Wildman–Crippen MR) is 84.5 cm³/mol. The molecule has 0 aliphatic carbocycles. The molecule has 1 aromatic rings. The lowest BCUT2D eigenvalue weighted by Crippen LogP contribution is -2.23. The number of sulfonamides is 1. The highest BCUT2D eigenvalue weighted by Crippen LogP contribution is 2.28. The zero-order valence-electron chi connectivity index (χ0n) is 12.3. The molecular weight excluding hydrogens is 314 g/mol. The van der Waals surface area contributed by atoms with Crippen molar-refractivity contribution < 1.29 is 16.8 Å². The summed E-state index contributed by atoms with van der Waals surface area (Å²) < 4.78 is 47.4. The molecule has 0 saturated carbocycles. The number of nitrogen functional groups attached to an aromatic ring is 1. The van der Waals surface area contributed by atoms with Crippen LogP contribution in [0.3, 0.4) is 0 Å². The Balaban J connectivity index is 2.87. The highest BCUT2D eigenvalue weighted by atomic mass is 32.2. The summed E-state index contributed by atoms with van der Waals surface area (Å²) in [6.07, 6.45) is 1.59. The maximum atomic E-state index is 12.1.